The van der Waals surface area contributed by atoms with E-state index >= 15 is 0 Å². The molecule has 0 saturated carbocycles. The van der Waals surface area contributed by atoms with Crippen molar-refractivity contribution < 1.29 is 14.3 Å². The number of aromatic amines is 1. The number of H-pyrrole nitrogens is 1. The molecule has 3 rings (SSSR count). The molecule has 0 aliphatic rings. The minimum Gasteiger partial charge on any atom is -0.494 e. The van der Waals surface area contributed by atoms with E-state index in [0.29, 0.717) is 18.0 Å². The Kier molecular flexibility index (Phi) is 5.86. The molecule has 0 fully saturated rings. The molecular weight excluding hydrogens is 342 g/mol. The van der Waals surface area contributed by atoms with Crippen LogP contribution in [0.4, 0.5) is 0 Å². The SMILES string of the molecule is CCOc1ccc(C(=O)CCC(=O)N[C@@H](C)c2nc3ccccc3[nH]2)cc1. The van der Waals surface area contributed by atoms with Crippen LogP contribution < -0.4 is 10.1 Å². The van der Waals surface area contributed by atoms with E-state index in [4.69, 9.17) is 4.74 Å². The van der Waals surface area contributed by atoms with Gasteiger partial charge >= 0.3 is 0 Å². The summed E-state index contributed by atoms with van der Waals surface area (Å²) in [6.07, 6.45) is 0.295. The predicted octanol–water partition coefficient (Wildman–Crippen LogP) is 3.80. The number of hydrogen-bond donors (Lipinski definition) is 2. The molecule has 0 spiro atoms. The van der Waals surface area contributed by atoms with Gasteiger partial charge in [0.1, 0.15) is 11.6 Å². The number of amides is 1. The fraction of sp³-hybridized carbons (Fsp3) is 0.286. The summed E-state index contributed by atoms with van der Waals surface area (Å²) in [5.74, 6) is 1.18. The van der Waals surface area contributed by atoms with Crippen LogP contribution in [0.5, 0.6) is 5.75 Å². The number of ketones is 1. The van der Waals surface area contributed by atoms with Crippen molar-refractivity contribution in [2.24, 2.45) is 0 Å². The van der Waals surface area contributed by atoms with Crippen molar-refractivity contribution in [3.63, 3.8) is 0 Å². The number of nitrogens with zero attached hydrogens (tertiary/aromatic N) is 1. The number of fused-ring (bicyclic) bond motifs is 1. The molecule has 1 heterocycles. The Balaban J connectivity index is 1.51. The molecule has 6 nitrogen and oxygen atoms in total. The first-order valence-corrected chi connectivity index (χ1v) is 9.07. The highest BCUT2D eigenvalue weighted by atomic mass is 16.5. The zero-order chi connectivity index (χ0) is 19.2. The second-order valence-electron chi connectivity index (χ2n) is 6.31. The van der Waals surface area contributed by atoms with E-state index in [9.17, 15) is 9.59 Å². The zero-order valence-corrected chi connectivity index (χ0v) is 15.5. The molecule has 0 saturated heterocycles. The molecule has 2 N–H and O–H groups in total. The lowest BCUT2D eigenvalue weighted by Gasteiger charge is -2.11. The number of aromatic nitrogens is 2. The highest BCUT2D eigenvalue weighted by Gasteiger charge is 2.15. The molecule has 0 radical (unpaired) electrons. The summed E-state index contributed by atoms with van der Waals surface area (Å²) in [6, 6.07) is 14.4. The third-order valence-corrected chi connectivity index (χ3v) is 4.26. The fourth-order valence-corrected chi connectivity index (χ4v) is 2.83. The van der Waals surface area contributed by atoms with Crippen molar-refractivity contribution in [3.8, 4) is 5.75 Å². The molecule has 0 aliphatic carbocycles. The van der Waals surface area contributed by atoms with Crippen LogP contribution in [0.2, 0.25) is 0 Å². The minimum absolute atomic E-state index is 0.0652. The van der Waals surface area contributed by atoms with Crippen molar-refractivity contribution in [1.82, 2.24) is 15.3 Å². The predicted molar refractivity (Wildman–Crippen MR) is 104 cm³/mol. The maximum atomic E-state index is 12.3. The quantitative estimate of drug-likeness (QED) is 0.595. The summed E-state index contributed by atoms with van der Waals surface area (Å²) in [4.78, 5) is 32.1. The smallest absolute Gasteiger partial charge is 0.221 e. The zero-order valence-electron chi connectivity index (χ0n) is 15.5. The number of carbonyl (C=O) groups excluding carboxylic acids is 2. The molecule has 1 atom stereocenters. The lowest BCUT2D eigenvalue weighted by atomic mass is 10.1. The van der Waals surface area contributed by atoms with Gasteiger partial charge in [0.2, 0.25) is 5.91 Å². The van der Waals surface area contributed by atoms with E-state index in [1.807, 2.05) is 38.1 Å². The van der Waals surface area contributed by atoms with E-state index < -0.39 is 0 Å². The number of hydrogen-bond acceptors (Lipinski definition) is 4. The van der Waals surface area contributed by atoms with Crippen LogP contribution in [0, 0.1) is 0 Å². The van der Waals surface area contributed by atoms with E-state index in [1.54, 1.807) is 24.3 Å². The van der Waals surface area contributed by atoms with E-state index in [1.165, 1.54) is 0 Å². The van der Waals surface area contributed by atoms with Gasteiger partial charge in [0, 0.05) is 18.4 Å². The lowest BCUT2D eigenvalue weighted by Crippen LogP contribution is -2.27. The van der Waals surface area contributed by atoms with Gasteiger partial charge in [-0.15, -0.1) is 0 Å². The summed E-state index contributed by atoms with van der Waals surface area (Å²) in [5, 5.41) is 2.88. The summed E-state index contributed by atoms with van der Waals surface area (Å²) in [7, 11) is 0. The largest absolute Gasteiger partial charge is 0.494 e. The van der Waals surface area contributed by atoms with Crippen molar-refractivity contribution in [2.75, 3.05) is 6.61 Å². The first-order chi connectivity index (χ1) is 13.1. The Hall–Kier alpha value is -3.15. The number of benzene rings is 2. The number of para-hydroxylation sites is 2. The standard InChI is InChI=1S/C21H23N3O3/c1-3-27-16-10-8-15(9-11-16)19(25)12-13-20(26)22-14(2)21-23-17-6-4-5-7-18(17)24-21/h4-11,14H,3,12-13H2,1-2H3,(H,22,26)(H,23,24)/t14-/m0/s1. The van der Waals surface area contributed by atoms with Gasteiger partial charge in [-0.2, -0.15) is 0 Å². The van der Waals surface area contributed by atoms with Gasteiger partial charge in [-0.3, -0.25) is 9.59 Å². The maximum Gasteiger partial charge on any atom is 0.221 e. The van der Waals surface area contributed by atoms with Gasteiger partial charge in [0.05, 0.1) is 23.7 Å². The number of nitrogens with one attached hydrogen (secondary N) is 2. The molecular formula is C21H23N3O3. The van der Waals surface area contributed by atoms with Crippen molar-refractivity contribution in [1.29, 1.82) is 0 Å². The Labute approximate surface area is 158 Å². The average Bonchev–Trinajstić information content (AvgIpc) is 3.11. The Morgan fingerprint density at radius 3 is 2.56 bits per heavy atom. The van der Waals surface area contributed by atoms with E-state index in [0.717, 1.165) is 16.8 Å². The molecule has 0 bridgehead atoms. The highest BCUT2D eigenvalue weighted by Crippen LogP contribution is 2.16. The van der Waals surface area contributed by atoms with Gasteiger partial charge in [-0.1, -0.05) is 12.1 Å². The van der Waals surface area contributed by atoms with Gasteiger partial charge in [-0.05, 0) is 50.2 Å². The first-order valence-electron chi connectivity index (χ1n) is 9.07. The van der Waals surface area contributed by atoms with Gasteiger partial charge in [0.15, 0.2) is 5.78 Å². The summed E-state index contributed by atoms with van der Waals surface area (Å²) in [5.41, 5.74) is 2.37. The topological polar surface area (TPSA) is 84.1 Å². The monoisotopic (exact) mass is 365 g/mol. The summed E-state index contributed by atoms with van der Waals surface area (Å²) < 4.78 is 5.36. The molecule has 1 aromatic heterocycles. The summed E-state index contributed by atoms with van der Waals surface area (Å²) in [6.45, 7) is 4.35. The second-order valence-corrected chi connectivity index (χ2v) is 6.31. The average molecular weight is 365 g/mol. The van der Waals surface area contributed by atoms with Crippen molar-refractivity contribution in [3.05, 3.63) is 59.9 Å². The Morgan fingerprint density at radius 2 is 1.85 bits per heavy atom. The molecule has 0 aliphatic heterocycles. The molecule has 2 aromatic carbocycles. The molecule has 140 valence electrons. The van der Waals surface area contributed by atoms with Gasteiger partial charge in [-0.25, -0.2) is 4.98 Å². The van der Waals surface area contributed by atoms with Crippen LogP contribution >= 0.6 is 0 Å². The normalized spacial score (nSPS) is 11.9. The molecule has 27 heavy (non-hydrogen) atoms. The number of ether oxygens (including phenoxy) is 1. The maximum absolute atomic E-state index is 12.3. The van der Waals surface area contributed by atoms with Crippen LogP contribution in [0.1, 0.15) is 48.9 Å². The van der Waals surface area contributed by atoms with E-state index in [2.05, 4.69) is 15.3 Å². The van der Waals surface area contributed by atoms with Crippen molar-refractivity contribution >= 4 is 22.7 Å². The number of Topliss-reactive ketones (excluding diaryl/α,β-unsaturated/α-hetero) is 1. The third-order valence-electron chi connectivity index (χ3n) is 4.26. The number of carbonyl (C=O) groups is 2. The Bertz CT molecular complexity index is 898. The molecule has 1 amide bonds. The highest BCUT2D eigenvalue weighted by molar-refractivity contribution is 5.98. The minimum atomic E-state index is -0.259. The summed E-state index contributed by atoms with van der Waals surface area (Å²) >= 11 is 0. The fourth-order valence-electron chi connectivity index (χ4n) is 2.83. The number of rotatable bonds is 8. The second kappa shape index (κ2) is 8.49. The molecule has 0 unspecified atom stereocenters. The lowest BCUT2D eigenvalue weighted by molar-refractivity contribution is -0.121. The van der Waals surface area contributed by atoms with Crippen LogP contribution in [-0.2, 0) is 4.79 Å². The van der Waals surface area contributed by atoms with Gasteiger partial charge < -0.3 is 15.0 Å². The van der Waals surface area contributed by atoms with Crippen LogP contribution in [-0.4, -0.2) is 28.3 Å². The van der Waals surface area contributed by atoms with Gasteiger partial charge in [0.25, 0.3) is 0 Å². The Morgan fingerprint density at radius 1 is 1.11 bits per heavy atom. The number of imidazole rings is 1. The molecule has 3 aromatic rings. The van der Waals surface area contributed by atoms with Crippen LogP contribution in [0.3, 0.4) is 0 Å². The third kappa shape index (κ3) is 4.73. The van der Waals surface area contributed by atoms with Crippen LogP contribution in [0.15, 0.2) is 48.5 Å². The van der Waals surface area contributed by atoms with Crippen LogP contribution in [0.25, 0.3) is 11.0 Å². The molecule has 6 heteroatoms. The van der Waals surface area contributed by atoms with Crippen molar-refractivity contribution in [2.45, 2.75) is 32.7 Å². The van der Waals surface area contributed by atoms with E-state index in [-0.39, 0.29) is 30.6 Å². The first kappa shape index (κ1) is 18.6.